The summed E-state index contributed by atoms with van der Waals surface area (Å²) in [6.45, 7) is 3.78. The molecule has 0 radical (unpaired) electrons. The summed E-state index contributed by atoms with van der Waals surface area (Å²) >= 11 is 1.39. The number of thioether (sulfide) groups is 1. The highest BCUT2D eigenvalue weighted by molar-refractivity contribution is 8.03. The van der Waals surface area contributed by atoms with E-state index in [1.165, 1.54) is 75.5 Å². The van der Waals surface area contributed by atoms with Gasteiger partial charge in [-0.05, 0) is 75.0 Å². The summed E-state index contributed by atoms with van der Waals surface area (Å²) in [6, 6.07) is 10.9. The van der Waals surface area contributed by atoms with Crippen LogP contribution < -0.4 is 0 Å². The molecule has 0 N–H and O–H groups in total. The van der Waals surface area contributed by atoms with Gasteiger partial charge in [0.15, 0.2) is 0 Å². The lowest BCUT2D eigenvalue weighted by Gasteiger charge is -2.32. The quantitative estimate of drug-likeness (QED) is 0.528. The Morgan fingerprint density at radius 2 is 1.86 bits per heavy atom. The third-order valence-electron chi connectivity index (χ3n) is 4.36. The van der Waals surface area contributed by atoms with Gasteiger partial charge in [-0.2, -0.15) is 5.26 Å². The Balaban J connectivity index is 1.55. The van der Waals surface area contributed by atoms with Crippen molar-refractivity contribution in [3.8, 4) is 5.40 Å². The van der Waals surface area contributed by atoms with Gasteiger partial charge in [0.2, 0.25) is 0 Å². The molecular weight excluding hydrogens is 276 g/mol. The van der Waals surface area contributed by atoms with Gasteiger partial charge in [0.05, 0.1) is 0 Å². The number of thiocyanates is 1. The molecule has 1 aromatic carbocycles. The summed E-state index contributed by atoms with van der Waals surface area (Å²) in [7, 11) is 0. The van der Waals surface area contributed by atoms with Crippen molar-refractivity contribution in [3.63, 3.8) is 0 Å². The lowest BCUT2D eigenvalue weighted by atomic mass is 9.90. The summed E-state index contributed by atoms with van der Waals surface area (Å²) in [5, 5.41) is 10.6. The van der Waals surface area contributed by atoms with E-state index in [0.717, 1.165) is 11.7 Å². The Labute approximate surface area is 133 Å². The molecule has 1 aliphatic heterocycles. The topological polar surface area (TPSA) is 27.0 Å². The van der Waals surface area contributed by atoms with Gasteiger partial charge in [0.1, 0.15) is 5.40 Å². The standard InChI is InChI=1S/C18H26N2S/c19-16-21-14-6-2-5-11-20-12-9-18(10-13-20)15-17-7-3-1-4-8-17/h1,3-4,7-8,18H,2,5-6,9-15H2. The number of unbranched alkanes of at least 4 members (excludes halogenated alkanes) is 2. The van der Waals surface area contributed by atoms with E-state index < -0.39 is 0 Å². The summed E-state index contributed by atoms with van der Waals surface area (Å²) in [6.07, 6.45) is 7.68. The predicted octanol–water partition coefficient (Wildman–Crippen LogP) is 4.33. The first-order valence-corrected chi connectivity index (χ1v) is 9.14. The number of rotatable bonds is 8. The van der Waals surface area contributed by atoms with Gasteiger partial charge in [-0.1, -0.05) is 36.8 Å². The Kier molecular flexibility index (Phi) is 7.70. The highest BCUT2D eigenvalue weighted by Gasteiger charge is 2.18. The van der Waals surface area contributed by atoms with E-state index in [2.05, 4.69) is 40.6 Å². The van der Waals surface area contributed by atoms with Crippen LogP contribution in [0.4, 0.5) is 0 Å². The minimum absolute atomic E-state index is 0.871. The van der Waals surface area contributed by atoms with E-state index >= 15 is 0 Å². The van der Waals surface area contributed by atoms with Crippen LogP contribution in [0, 0.1) is 16.6 Å². The molecule has 1 aliphatic rings. The summed E-state index contributed by atoms with van der Waals surface area (Å²) in [5.74, 6) is 1.87. The zero-order valence-electron chi connectivity index (χ0n) is 12.8. The van der Waals surface area contributed by atoms with E-state index in [1.807, 2.05) is 0 Å². The van der Waals surface area contributed by atoms with Gasteiger partial charge in [-0.25, -0.2) is 0 Å². The molecule has 3 heteroatoms. The van der Waals surface area contributed by atoms with Gasteiger partial charge >= 0.3 is 0 Å². The van der Waals surface area contributed by atoms with Crippen molar-refractivity contribution in [1.82, 2.24) is 4.90 Å². The second-order valence-electron chi connectivity index (χ2n) is 5.98. The van der Waals surface area contributed by atoms with Gasteiger partial charge in [-0.3, -0.25) is 0 Å². The molecule has 1 heterocycles. The van der Waals surface area contributed by atoms with Crippen LogP contribution >= 0.6 is 11.8 Å². The first kappa shape index (κ1) is 16.4. The second-order valence-corrected chi connectivity index (χ2v) is 6.85. The average Bonchev–Trinajstić information content (AvgIpc) is 2.53. The minimum atomic E-state index is 0.871. The Bertz CT molecular complexity index is 419. The Morgan fingerprint density at radius 3 is 2.57 bits per heavy atom. The highest BCUT2D eigenvalue weighted by atomic mass is 32.2. The fourth-order valence-corrected chi connectivity index (χ4v) is 3.53. The SMILES string of the molecule is N#CSCCCCCN1CCC(Cc2ccccc2)CC1. The van der Waals surface area contributed by atoms with Crippen LogP contribution in [-0.4, -0.2) is 30.3 Å². The lowest BCUT2D eigenvalue weighted by Crippen LogP contribution is -2.35. The van der Waals surface area contributed by atoms with E-state index in [0.29, 0.717) is 0 Å². The van der Waals surface area contributed by atoms with E-state index in [1.54, 1.807) is 0 Å². The Morgan fingerprint density at radius 1 is 1.10 bits per heavy atom. The lowest BCUT2D eigenvalue weighted by molar-refractivity contribution is 0.181. The number of piperidine rings is 1. The van der Waals surface area contributed by atoms with Gasteiger partial charge in [0.25, 0.3) is 0 Å². The molecule has 2 nitrogen and oxygen atoms in total. The van der Waals surface area contributed by atoms with Gasteiger partial charge in [0, 0.05) is 5.75 Å². The zero-order chi connectivity index (χ0) is 14.8. The normalized spacial score (nSPS) is 16.7. The molecule has 1 aromatic rings. The van der Waals surface area contributed by atoms with Crippen molar-refractivity contribution in [2.45, 2.75) is 38.5 Å². The highest BCUT2D eigenvalue weighted by Crippen LogP contribution is 2.21. The Hall–Kier alpha value is -0.980. The van der Waals surface area contributed by atoms with Crippen LogP contribution in [0.1, 0.15) is 37.7 Å². The van der Waals surface area contributed by atoms with Crippen molar-refractivity contribution in [2.24, 2.45) is 5.92 Å². The largest absolute Gasteiger partial charge is 0.303 e. The van der Waals surface area contributed by atoms with Crippen molar-refractivity contribution in [3.05, 3.63) is 35.9 Å². The smallest absolute Gasteiger partial charge is 0.133 e. The van der Waals surface area contributed by atoms with Crippen LogP contribution in [0.2, 0.25) is 0 Å². The van der Waals surface area contributed by atoms with Crippen molar-refractivity contribution < 1.29 is 0 Å². The molecule has 1 saturated heterocycles. The van der Waals surface area contributed by atoms with Crippen molar-refractivity contribution in [1.29, 1.82) is 5.26 Å². The molecule has 0 spiro atoms. The van der Waals surface area contributed by atoms with Gasteiger partial charge < -0.3 is 4.90 Å². The molecule has 0 bridgehead atoms. The average molecular weight is 302 g/mol. The molecule has 2 rings (SSSR count). The van der Waals surface area contributed by atoms with E-state index in [-0.39, 0.29) is 0 Å². The van der Waals surface area contributed by atoms with E-state index in [9.17, 15) is 0 Å². The molecule has 0 aliphatic carbocycles. The second kappa shape index (κ2) is 9.87. The van der Waals surface area contributed by atoms with Crippen LogP contribution in [0.3, 0.4) is 0 Å². The third kappa shape index (κ3) is 6.54. The molecule has 114 valence electrons. The number of likely N-dealkylation sites (tertiary alicyclic amines) is 1. The summed E-state index contributed by atoms with van der Waals surface area (Å²) < 4.78 is 0. The molecule has 0 aromatic heterocycles. The molecule has 0 amide bonds. The molecule has 0 atom stereocenters. The zero-order valence-corrected chi connectivity index (χ0v) is 13.7. The first-order valence-electron chi connectivity index (χ1n) is 8.15. The first-order chi connectivity index (χ1) is 10.4. The monoisotopic (exact) mass is 302 g/mol. The van der Waals surface area contributed by atoms with Crippen LogP contribution in [-0.2, 0) is 6.42 Å². The van der Waals surface area contributed by atoms with Gasteiger partial charge in [-0.15, -0.1) is 0 Å². The number of nitrogens with zero attached hydrogens (tertiary/aromatic N) is 2. The summed E-state index contributed by atoms with van der Waals surface area (Å²) in [5.41, 5.74) is 1.49. The molecule has 0 unspecified atom stereocenters. The van der Waals surface area contributed by atoms with Crippen molar-refractivity contribution >= 4 is 11.8 Å². The van der Waals surface area contributed by atoms with Crippen LogP contribution in [0.15, 0.2) is 30.3 Å². The number of hydrogen-bond donors (Lipinski definition) is 0. The maximum atomic E-state index is 8.46. The fraction of sp³-hybridized carbons (Fsp3) is 0.611. The third-order valence-corrected chi connectivity index (χ3v) is 4.98. The maximum absolute atomic E-state index is 8.46. The van der Waals surface area contributed by atoms with Crippen LogP contribution in [0.5, 0.6) is 0 Å². The number of nitriles is 1. The molecular formula is C18H26N2S. The molecule has 21 heavy (non-hydrogen) atoms. The van der Waals surface area contributed by atoms with Crippen LogP contribution in [0.25, 0.3) is 0 Å². The molecule has 1 fully saturated rings. The predicted molar refractivity (Wildman–Crippen MR) is 91.2 cm³/mol. The fourth-order valence-electron chi connectivity index (χ4n) is 3.09. The minimum Gasteiger partial charge on any atom is -0.303 e. The van der Waals surface area contributed by atoms with Crippen molar-refractivity contribution in [2.75, 3.05) is 25.4 Å². The van der Waals surface area contributed by atoms with E-state index in [4.69, 9.17) is 5.26 Å². The molecule has 0 saturated carbocycles. The number of benzene rings is 1. The summed E-state index contributed by atoms with van der Waals surface area (Å²) in [4.78, 5) is 2.62. The maximum Gasteiger partial charge on any atom is 0.133 e. The number of hydrogen-bond acceptors (Lipinski definition) is 3.